The third kappa shape index (κ3) is 5.87. The van der Waals surface area contributed by atoms with Crippen LogP contribution in [0.3, 0.4) is 0 Å². The number of hydrogen-bond acceptors (Lipinski definition) is 5. The van der Waals surface area contributed by atoms with Crippen LogP contribution in [0.5, 0.6) is 11.5 Å². The Morgan fingerprint density at radius 3 is 2.48 bits per heavy atom. The van der Waals surface area contributed by atoms with Crippen LogP contribution in [-0.2, 0) is 14.4 Å². The number of benzene rings is 1. The van der Waals surface area contributed by atoms with E-state index < -0.39 is 0 Å². The van der Waals surface area contributed by atoms with Crippen LogP contribution in [0.1, 0.15) is 20.3 Å². The van der Waals surface area contributed by atoms with E-state index in [4.69, 9.17) is 9.47 Å². The molecule has 1 aromatic carbocycles. The third-order valence-electron chi connectivity index (χ3n) is 4.33. The van der Waals surface area contributed by atoms with Crippen molar-refractivity contribution >= 4 is 17.7 Å². The molecule has 0 radical (unpaired) electrons. The molecule has 8 nitrogen and oxygen atoms in total. The van der Waals surface area contributed by atoms with Crippen molar-refractivity contribution in [3.63, 3.8) is 0 Å². The topological polar surface area (TPSA) is 97.0 Å². The Kier molecular flexibility index (Phi) is 7.45. The van der Waals surface area contributed by atoms with Gasteiger partial charge in [-0.1, -0.05) is 12.1 Å². The molecule has 1 aliphatic heterocycles. The van der Waals surface area contributed by atoms with Gasteiger partial charge in [-0.25, -0.2) is 0 Å². The van der Waals surface area contributed by atoms with Crippen molar-refractivity contribution in [2.75, 3.05) is 33.4 Å². The van der Waals surface area contributed by atoms with Gasteiger partial charge in [-0.15, -0.1) is 0 Å². The highest BCUT2D eigenvalue weighted by Gasteiger charge is 2.35. The van der Waals surface area contributed by atoms with Crippen LogP contribution >= 0.6 is 0 Å². The second-order valence-corrected chi connectivity index (χ2v) is 6.62. The molecule has 2 rings (SSSR count). The van der Waals surface area contributed by atoms with E-state index in [1.807, 2.05) is 19.9 Å². The van der Waals surface area contributed by atoms with Gasteiger partial charge >= 0.3 is 0 Å². The van der Waals surface area contributed by atoms with Crippen molar-refractivity contribution in [3.8, 4) is 11.5 Å². The molecule has 0 aromatic heterocycles. The third-order valence-corrected chi connectivity index (χ3v) is 4.33. The summed E-state index contributed by atoms with van der Waals surface area (Å²) >= 11 is 0. The van der Waals surface area contributed by atoms with Gasteiger partial charge in [-0.3, -0.25) is 14.4 Å². The minimum Gasteiger partial charge on any atom is -0.493 e. The number of nitrogens with one attached hydrogen (secondary N) is 2. The first-order valence-corrected chi connectivity index (χ1v) is 9.02. The molecular formula is C19H27N3O5. The molecule has 1 atom stereocenters. The van der Waals surface area contributed by atoms with Crippen LogP contribution in [-0.4, -0.2) is 62.0 Å². The highest BCUT2D eigenvalue weighted by molar-refractivity contribution is 5.89. The van der Waals surface area contributed by atoms with E-state index in [1.54, 1.807) is 23.1 Å². The predicted octanol–water partition coefficient (Wildman–Crippen LogP) is 0.563. The normalized spacial score (nSPS) is 16.4. The van der Waals surface area contributed by atoms with Gasteiger partial charge in [-0.2, -0.15) is 0 Å². The minimum absolute atomic E-state index is 0.00643. The van der Waals surface area contributed by atoms with E-state index in [9.17, 15) is 14.4 Å². The SMILES string of the molecule is COc1ccccc1OCC(=O)NCCNC(=O)C1CC(=O)N(C(C)C)C1. The molecule has 148 valence electrons. The largest absolute Gasteiger partial charge is 0.493 e. The van der Waals surface area contributed by atoms with Gasteiger partial charge in [0.1, 0.15) is 0 Å². The van der Waals surface area contributed by atoms with Crippen molar-refractivity contribution in [3.05, 3.63) is 24.3 Å². The lowest BCUT2D eigenvalue weighted by Crippen LogP contribution is -2.40. The smallest absolute Gasteiger partial charge is 0.258 e. The first-order valence-electron chi connectivity index (χ1n) is 9.02. The highest BCUT2D eigenvalue weighted by Crippen LogP contribution is 2.25. The van der Waals surface area contributed by atoms with Gasteiger partial charge < -0.3 is 25.0 Å². The Hall–Kier alpha value is -2.77. The summed E-state index contributed by atoms with van der Waals surface area (Å²) in [4.78, 5) is 37.5. The Morgan fingerprint density at radius 2 is 1.85 bits per heavy atom. The van der Waals surface area contributed by atoms with Gasteiger partial charge in [0.15, 0.2) is 18.1 Å². The maximum atomic E-state index is 12.1. The summed E-state index contributed by atoms with van der Waals surface area (Å²) in [6, 6.07) is 7.16. The number of ether oxygens (including phenoxy) is 2. The van der Waals surface area contributed by atoms with Crippen LogP contribution in [0.2, 0.25) is 0 Å². The van der Waals surface area contributed by atoms with Crippen molar-refractivity contribution in [1.29, 1.82) is 0 Å². The summed E-state index contributed by atoms with van der Waals surface area (Å²) in [5, 5.41) is 5.43. The number of carbonyl (C=O) groups excluding carboxylic acids is 3. The summed E-state index contributed by atoms with van der Waals surface area (Å²) < 4.78 is 10.6. The first kappa shape index (κ1) is 20.5. The molecule has 1 aliphatic rings. The monoisotopic (exact) mass is 377 g/mol. The average Bonchev–Trinajstić information content (AvgIpc) is 3.05. The Bertz CT molecular complexity index is 677. The molecule has 1 fully saturated rings. The zero-order valence-corrected chi connectivity index (χ0v) is 16.0. The van der Waals surface area contributed by atoms with Gasteiger partial charge in [0.25, 0.3) is 5.91 Å². The standard InChI is InChI=1S/C19H27N3O5/c1-13(2)22-11-14(10-18(22)24)19(25)21-9-8-20-17(23)12-27-16-7-5-4-6-15(16)26-3/h4-7,13-14H,8-12H2,1-3H3,(H,20,23)(H,21,25). The quantitative estimate of drug-likeness (QED) is 0.613. The van der Waals surface area contributed by atoms with E-state index in [0.717, 1.165) is 0 Å². The molecule has 1 unspecified atom stereocenters. The summed E-state index contributed by atoms with van der Waals surface area (Å²) in [5.41, 5.74) is 0. The lowest BCUT2D eigenvalue weighted by molar-refractivity contribution is -0.129. The van der Waals surface area contributed by atoms with Crippen molar-refractivity contribution < 1.29 is 23.9 Å². The zero-order valence-electron chi connectivity index (χ0n) is 16.0. The van der Waals surface area contributed by atoms with E-state index in [2.05, 4.69) is 10.6 Å². The number of nitrogens with zero attached hydrogens (tertiary/aromatic N) is 1. The molecule has 1 aromatic rings. The molecule has 0 saturated carbocycles. The van der Waals surface area contributed by atoms with Crippen LogP contribution in [0, 0.1) is 5.92 Å². The first-order chi connectivity index (χ1) is 12.9. The van der Waals surface area contributed by atoms with Gasteiger partial charge in [0.05, 0.1) is 13.0 Å². The van der Waals surface area contributed by atoms with Gasteiger partial charge in [0.2, 0.25) is 11.8 Å². The summed E-state index contributed by atoms with van der Waals surface area (Å²) in [7, 11) is 1.53. The average molecular weight is 377 g/mol. The maximum Gasteiger partial charge on any atom is 0.258 e. The molecule has 1 heterocycles. The molecule has 8 heteroatoms. The van der Waals surface area contributed by atoms with E-state index in [0.29, 0.717) is 24.6 Å². The lowest BCUT2D eigenvalue weighted by atomic mass is 10.1. The summed E-state index contributed by atoms with van der Waals surface area (Å²) in [6.07, 6.45) is 0.239. The fraction of sp³-hybridized carbons (Fsp3) is 0.526. The van der Waals surface area contributed by atoms with Crippen LogP contribution in [0.4, 0.5) is 0 Å². The summed E-state index contributed by atoms with van der Waals surface area (Å²) in [6.45, 7) is 4.75. The number of rotatable bonds is 9. The van der Waals surface area contributed by atoms with Crippen molar-refractivity contribution in [2.24, 2.45) is 5.92 Å². The number of hydrogen-bond donors (Lipinski definition) is 2. The molecule has 0 spiro atoms. The second kappa shape index (κ2) is 9.80. The van der Waals surface area contributed by atoms with Crippen molar-refractivity contribution in [1.82, 2.24) is 15.5 Å². The van der Waals surface area contributed by atoms with Crippen LogP contribution in [0.25, 0.3) is 0 Å². The molecule has 2 N–H and O–H groups in total. The molecular weight excluding hydrogens is 350 g/mol. The maximum absolute atomic E-state index is 12.1. The predicted molar refractivity (Wildman–Crippen MR) is 99.5 cm³/mol. The minimum atomic E-state index is -0.329. The van der Waals surface area contributed by atoms with E-state index in [-0.39, 0.29) is 49.3 Å². The lowest BCUT2D eigenvalue weighted by Gasteiger charge is -2.20. The van der Waals surface area contributed by atoms with Crippen LogP contribution in [0.15, 0.2) is 24.3 Å². The highest BCUT2D eigenvalue weighted by atomic mass is 16.5. The van der Waals surface area contributed by atoms with Crippen LogP contribution < -0.4 is 20.1 Å². The fourth-order valence-corrected chi connectivity index (χ4v) is 2.87. The number of para-hydroxylation sites is 2. The Balaban J connectivity index is 1.64. The Morgan fingerprint density at radius 1 is 1.19 bits per heavy atom. The molecule has 27 heavy (non-hydrogen) atoms. The number of amides is 3. The molecule has 1 saturated heterocycles. The number of methoxy groups -OCH3 is 1. The second-order valence-electron chi connectivity index (χ2n) is 6.62. The molecule has 0 bridgehead atoms. The van der Waals surface area contributed by atoms with Gasteiger partial charge in [-0.05, 0) is 26.0 Å². The number of carbonyl (C=O) groups is 3. The Labute approximate surface area is 159 Å². The van der Waals surface area contributed by atoms with Crippen molar-refractivity contribution in [2.45, 2.75) is 26.3 Å². The van der Waals surface area contributed by atoms with E-state index in [1.165, 1.54) is 7.11 Å². The number of likely N-dealkylation sites (tertiary alicyclic amines) is 1. The van der Waals surface area contributed by atoms with E-state index >= 15 is 0 Å². The zero-order chi connectivity index (χ0) is 19.8. The molecule has 0 aliphatic carbocycles. The summed E-state index contributed by atoms with van der Waals surface area (Å²) in [5.74, 6) is 0.266. The van der Waals surface area contributed by atoms with Gasteiger partial charge in [0, 0.05) is 32.1 Å². The molecule has 3 amide bonds. The fourth-order valence-electron chi connectivity index (χ4n) is 2.87.